The molecular weight excluding hydrogens is 241 g/mol. The number of anilines is 2. The molecule has 3 nitrogen and oxygen atoms in total. The first-order valence-corrected chi connectivity index (χ1v) is 6.31. The monoisotopic (exact) mass is 259 g/mol. The molecule has 1 aromatic heterocycles. The molecule has 0 spiro atoms. The predicted molar refractivity (Wildman–Crippen MR) is 77.1 cm³/mol. The second-order valence-corrected chi connectivity index (χ2v) is 4.46. The van der Waals surface area contributed by atoms with Crippen LogP contribution < -0.4 is 10.6 Å². The van der Waals surface area contributed by atoms with Crippen molar-refractivity contribution in [3.63, 3.8) is 0 Å². The van der Waals surface area contributed by atoms with E-state index in [1.54, 1.807) is 18.5 Å². The Balaban J connectivity index is 1.92. The zero-order valence-corrected chi connectivity index (χ0v) is 11.2. The molecule has 0 aliphatic heterocycles. The number of rotatable bonds is 5. The van der Waals surface area contributed by atoms with E-state index < -0.39 is 0 Å². The molecule has 2 N–H and O–H groups in total. The number of nitrogens with one attached hydrogen (secondary N) is 2. The number of halogens is 1. The number of hydrogen-bond acceptors (Lipinski definition) is 3. The highest BCUT2D eigenvalue weighted by molar-refractivity contribution is 5.53. The van der Waals surface area contributed by atoms with E-state index >= 15 is 0 Å². The lowest BCUT2D eigenvalue weighted by atomic mass is 10.1. The number of aryl methyl sites for hydroxylation is 1. The summed E-state index contributed by atoms with van der Waals surface area (Å²) in [7, 11) is 1.86. The fourth-order valence-electron chi connectivity index (χ4n) is 1.95. The van der Waals surface area contributed by atoms with Gasteiger partial charge in [-0.3, -0.25) is 4.98 Å². The zero-order valence-electron chi connectivity index (χ0n) is 11.2. The van der Waals surface area contributed by atoms with Gasteiger partial charge in [-0.2, -0.15) is 0 Å². The van der Waals surface area contributed by atoms with Crippen LogP contribution in [0.15, 0.2) is 36.7 Å². The minimum atomic E-state index is -0.180. The first kappa shape index (κ1) is 13.3. The van der Waals surface area contributed by atoms with Crippen molar-refractivity contribution in [2.75, 3.05) is 24.2 Å². The van der Waals surface area contributed by atoms with Gasteiger partial charge in [-0.15, -0.1) is 0 Å². The van der Waals surface area contributed by atoms with Crippen molar-refractivity contribution in [1.29, 1.82) is 0 Å². The van der Waals surface area contributed by atoms with Crippen molar-refractivity contribution in [2.24, 2.45) is 0 Å². The maximum atomic E-state index is 13.0. The molecule has 0 aliphatic carbocycles. The van der Waals surface area contributed by atoms with Crippen LogP contribution in [0.2, 0.25) is 0 Å². The average Bonchev–Trinajstić information content (AvgIpc) is 2.41. The van der Waals surface area contributed by atoms with E-state index in [9.17, 15) is 4.39 Å². The van der Waals surface area contributed by atoms with Crippen molar-refractivity contribution >= 4 is 11.4 Å². The number of aromatic nitrogens is 1. The summed E-state index contributed by atoms with van der Waals surface area (Å²) in [6.07, 6.45) is 4.42. The second-order valence-electron chi connectivity index (χ2n) is 4.46. The summed E-state index contributed by atoms with van der Waals surface area (Å²) in [5, 5.41) is 6.36. The molecule has 1 heterocycles. The van der Waals surface area contributed by atoms with Crippen molar-refractivity contribution in [3.05, 3.63) is 53.6 Å². The van der Waals surface area contributed by atoms with Gasteiger partial charge >= 0.3 is 0 Å². The summed E-state index contributed by atoms with van der Waals surface area (Å²) in [6, 6.07) is 6.92. The average molecular weight is 259 g/mol. The summed E-state index contributed by atoms with van der Waals surface area (Å²) in [5.41, 5.74) is 4.10. The van der Waals surface area contributed by atoms with E-state index in [2.05, 4.69) is 15.6 Å². The Kier molecular flexibility index (Phi) is 4.34. The molecule has 0 atom stereocenters. The number of benzene rings is 1. The molecule has 4 heteroatoms. The van der Waals surface area contributed by atoms with Gasteiger partial charge in [0, 0.05) is 13.6 Å². The summed E-state index contributed by atoms with van der Waals surface area (Å²) in [5.74, 6) is -0.180. The molecule has 0 bridgehead atoms. The number of pyridine rings is 1. The van der Waals surface area contributed by atoms with Gasteiger partial charge in [0.15, 0.2) is 0 Å². The third kappa shape index (κ3) is 3.68. The lowest BCUT2D eigenvalue weighted by Gasteiger charge is -2.09. The van der Waals surface area contributed by atoms with E-state index in [1.165, 1.54) is 6.07 Å². The van der Waals surface area contributed by atoms with E-state index in [0.717, 1.165) is 35.5 Å². The van der Waals surface area contributed by atoms with Crippen LogP contribution in [0.5, 0.6) is 0 Å². The molecule has 19 heavy (non-hydrogen) atoms. The molecule has 0 amide bonds. The molecule has 0 fully saturated rings. The molecule has 0 saturated heterocycles. The Labute approximate surface area is 112 Å². The second kappa shape index (κ2) is 6.18. The quantitative estimate of drug-likeness (QED) is 0.865. The van der Waals surface area contributed by atoms with E-state index in [0.29, 0.717) is 0 Å². The molecule has 100 valence electrons. The van der Waals surface area contributed by atoms with Gasteiger partial charge in [-0.1, -0.05) is 6.07 Å². The van der Waals surface area contributed by atoms with E-state index in [-0.39, 0.29) is 5.82 Å². The van der Waals surface area contributed by atoms with Crippen molar-refractivity contribution in [1.82, 2.24) is 4.98 Å². The van der Waals surface area contributed by atoms with Crippen LogP contribution in [0, 0.1) is 12.7 Å². The topological polar surface area (TPSA) is 37.0 Å². The van der Waals surface area contributed by atoms with Crippen LogP contribution in [0.1, 0.15) is 11.1 Å². The van der Waals surface area contributed by atoms with Crippen LogP contribution in [-0.4, -0.2) is 18.6 Å². The molecule has 0 unspecified atom stereocenters. The highest BCUT2D eigenvalue weighted by Gasteiger charge is 2.00. The SMILES string of the molecule is CNc1cncc(NCCc2ccc(F)cc2C)c1. The lowest BCUT2D eigenvalue weighted by Crippen LogP contribution is -2.06. The summed E-state index contributed by atoms with van der Waals surface area (Å²) in [4.78, 5) is 4.14. The minimum Gasteiger partial charge on any atom is -0.387 e. The first-order valence-electron chi connectivity index (χ1n) is 6.31. The van der Waals surface area contributed by atoms with Gasteiger partial charge in [0.2, 0.25) is 0 Å². The molecule has 0 saturated carbocycles. The highest BCUT2D eigenvalue weighted by atomic mass is 19.1. The third-order valence-corrected chi connectivity index (χ3v) is 3.06. The highest BCUT2D eigenvalue weighted by Crippen LogP contribution is 2.14. The summed E-state index contributed by atoms with van der Waals surface area (Å²) in [6.45, 7) is 2.73. The Morgan fingerprint density at radius 2 is 1.95 bits per heavy atom. The summed E-state index contributed by atoms with van der Waals surface area (Å²) < 4.78 is 13.0. The van der Waals surface area contributed by atoms with Gasteiger partial charge < -0.3 is 10.6 Å². The Morgan fingerprint density at radius 3 is 2.68 bits per heavy atom. The van der Waals surface area contributed by atoms with Gasteiger partial charge in [0.25, 0.3) is 0 Å². The molecule has 0 radical (unpaired) electrons. The van der Waals surface area contributed by atoms with Gasteiger partial charge in [0.05, 0.1) is 23.8 Å². The number of hydrogen-bond donors (Lipinski definition) is 2. The van der Waals surface area contributed by atoms with Gasteiger partial charge in [-0.25, -0.2) is 4.39 Å². The van der Waals surface area contributed by atoms with Crippen molar-refractivity contribution < 1.29 is 4.39 Å². The Bertz CT molecular complexity index is 555. The van der Waals surface area contributed by atoms with Crippen LogP contribution in [0.4, 0.5) is 15.8 Å². The molecule has 2 aromatic rings. The van der Waals surface area contributed by atoms with E-state index in [1.807, 2.05) is 26.1 Å². The third-order valence-electron chi connectivity index (χ3n) is 3.06. The van der Waals surface area contributed by atoms with Crippen LogP contribution >= 0.6 is 0 Å². The maximum absolute atomic E-state index is 13.0. The largest absolute Gasteiger partial charge is 0.387 e. The maximum Gasteiger partial charge on any atom is 0.123 e. The first-order chi connectivity index (χ1) is 9.19. The van der Waals surface area contributed by atoms with Gasteiger partial charge in [0.1, 0.15) is 5.82 Å². The van der Waals surface area contributed by atoms with Crippen LogP contribution in [0.3, 0.4) is 0 Å². The van der Waals surface area contributed by atoms with Crippen LogP contribution in [-0.2, 0) is 6.42 Å². The van der Waals surface area contributed by atoms with Crippen molar-refractivity contribution in [2.45, 2.75) is 13.3 Å². The number of nitrogens with zero attached hydrogens (tertiary/aromatic N) is 1. The minimum absolute atomic E-state index is 0.180. The van der Waals surface area contributed by atoms with Crippen LogP contribution in [0.25, 0.3) is 0 Å². The fourth-order valence-corrected chi connectivity index (χ4v) is 1.95. The molecule has 2 rings (SSSR count). The predicted octanol–water partition coefficient (Wildman–Crippen LogP) is 3.23. The smallest absolute Gasteiger partial charge is 0.123 e. The lowest BCUT2D eigenvalue weighted by molar-refractivity contribution is 0.625. The summed E-state index contributed by atoms with van der Waals surface area (Å²) >= 11 is 0. The van der Waals surface area contributed by atoms with E-state index in [4.69, 9.17) is 0 Å². The standard InChI is InChI=1S/C15H18FN3/c1-11-7-13(16)4-3-12(11)5-6-19-15-8-14(17-2)9-18-10-15/h3-4,7-10,17,19H,5-6H2,1-2H3. The molecule has 1 aromatic carbocycles. The molecular formula is C15H18FN3. The normalized spacial score (nSPS) is 10.3. The molecule has 0 aliphatic rings. The zero-order chi connectivity index (χ0) is 13.7. The Hall–Kier alpha value is -2.10. The Morgan fingerprint density at radius 1 is 1.16 bits per heavy atom. The van der Waals surface area contributed by atoms with Gasteiger partial charge in [-0.05, 0) is 42.7 Å². The fraction of sp³-hybridized carbons (Fsp3) is 0.267. The van der Waals surface area contributed by atoms with Crippen molar-refractivity contribution in [3.8, 4) is 0 Å².